The third-order valence-electron chi connectivity index (χ3n) is 2.09. The van der Waals surface area contributed by atoms with Gasteiger partial charge in [0.25, 0.3) is 5.89 Å². The fraction of sp³-hybridized carbons (Fsp3) is 0.364. The molecule has 0 aromatic carbocycles. The predicted octanol–water partition coefficient (Wildman–Crippen LogP) is 1.86. The zero-order chi connectivity index (χ0) is 12.1. The SMILES string of the molecule is CCCOCc1noc(-c2cc(C#N)c[nH]2)n1. The van der Waals surface area contributed by atoms with Gasteiger partial charge in [0.05, 0.1) is 5.56 Å². The average Bonchev–Trinajstić information content (AvgIpc) is 2.97. The summed E-state index contributed by atoms with van der Waals surface area (Å²) in [6.45, 7) is 3.04. The minimum absolute atomic E-state index is 0.336. The van der Waals surface area contributed by atoms with Gasteiger partial charge in [0.15, 0.2) is 5.82 Å². The van der Waals surface area contributed by atoms with Gasteiger partial charge < -0.3 is 14.2 Å². The quantitative estimate of drug-likeness (QED) is 0.795. The van der Waals surface area contributed by atoms with E-state index in [9.17, 15) is 0 Å². The molecule has 1 N–H and O–H groups in total. The van der Waals surface area contributed by atoms with E-state index in [0.717, 1.165) is 6.42 Å². The van der Waals surface area contributed by atoms with Crippen LogP contribution in [0, 0.1) is 11.3 Å². The van der Waals surface area contributed by atoms with E-state index in [2.05, 4.69) is 15.1 Å². The van der Waals surface area contributed by atoms with Crippen LogP contribution in [0.2, 0.25) is 0 Å². The molecule has 0 fully saturated rings. The van der Waals surface area contributed by atoms with Gasteiger partial charge in [0, 0.05) is 12.8 Å². The third-order valence-corrected chi connectivity index (χ3v) is 2.09. The lowest BCUT2D eigenvalue weighted by Gasteiger charge is -1.95. The highest BCUT2D eigenvalue weighted by atomic mass is 16.5. The first-order valence-corrected chi connectivity index (χ1v) is 5.32. The zero-order valence-corrected chi connectivity index (χ0v) is 9.43. The zero-order valence-electron chi connectivity index (χ0n) is 9.43. The number of aromatic nitrogens is 3. The topological polar surface area (TPSA) is 87.7 Å². The van der Waals surface area contributed by atoms with Gasteiger partial charge in [0.1, 0.15) is 18.4 Å². The van der Waals surface area contributed by atoms with Crippen LogP contribution in [-0.2, 0) is 11.3 Å². The highest BCUT2D eigenvalue weighted by Crippen LogP contribution is 2.16. The minimum atomic E-state index is 0.336. The number of hydrogen-bond donors (Lipinski definition) is 1. The van der Waals surface area contributed by atoms with Gasteiger partial charge in [-0.3, -0.25) is 0 Å². The molecule has 6 heteroatoms. The number of rotatable bonds is 5. The first-order valence-electron chi connectivity index (χ1n) is 5.32. The average molecular weight is 232 g/mol. The maximum Gasteiger partial charge on any atom is 0.274 e. The van der Waals surface area contributed by atoms with E-state index in [1.807, 2.05) is 13.0 Å². The highest BCUT2D eigenvalue weighted by molar-refractivity contribution is 5.51. The maximum atomic E-state index is 8.69. The molecule has 2 rings (SSSR count). The van der Waals surface area contributed by atoms with Gasteiger partial charge in [-0.1, -0.05) is 12.1 Å². The summed E-state index contributed by atoms with van der Waals surface area (Å²) in [6.07, 6.45) is 2.54. The van der Waals surface area contributed by atoms with Crippen LogP contribution in [-0.4, -0.2) is 21.7 Å². The lowest BCUT2D eigenvalue weighted by atomic mass is 10.3. The second kappa shape index (κ2) is 5.27. The van der Waals surface area contributed by atoms with Crippen molar-refractivity contribution in [3.63, 3.8) is 0 Å². The Morgan fingerprint density at radius 2 is 2.47 bits per heavy atom. The lowest BCUT2D eigenvalue weighted by molar-refractivity contribution is 0.114. The van der Waals surface area contributed by atoms with E-state index in [4.69, 9.17) is 14.5 Å². The van der Waals surface area contributed by atoms with Crippen molar-refractivity contribution in [1.82, 2.24) is 15.1 Å². The number of ether oxygens (including phenoxy) is 1. The summed E-state index contributed by atoms with van der Waals surface area (Å²) in [5, 5.41) is 12.5. The summed E-state index contributed by atoms with van der Waals surface area (Å²) in [7, 11) is 0. The second-order valence-electron chi connectivity index (χ2n) is 3.48. The molecule has 2 heterocycles. The van der Waals surface area contributed by atoms with Crippen LogP contribution in [0.15, 0.2) is 16.8 Å². The molecule has 17 heavy (non-hydrogen) atoms. The molecule has 6 nitrogen and oxygen atoms in total. The summed E-state index contributed by atoms with van der Waals surface area (Å²) in [5.41, 5.74) is 1.16. The largest absolute Gasteiger partial charge is 0.373 e. The van der Waals surface area contributed by atoms with Crippen LogP contribution in [0.1, 0.15) is 24.7 Å². The summed E-state index contributed by atoms with van der Waals surface area (Å²) in [4.78, 5) is 7.05. The normalized spacial score (nSPS) is 10.4. The van der Waals surface area contributed by atoms with Crippen molar-refractivity contribution in [3.8, 4) is 17.7 Å². The van der Waals surface area contributed by atoms with Gasteiger partial charge in [-0.05, 0) is 12.5 Å². The van der Waals surface area contributed by atoms with Gasteiger partial charge >= 0.3 is 0 Å². The molecule has 0 amide bonds. The molecular weight excluding hydrogens is 220 g/mol. The van der Waals surface area contributed by atoms with Crippen LogP contribution in [0.5, 0.6) is 0 Å². The fourth-order valence-corrected chi connectivity index (χ4v) is 1.31. The molecular formula is C11H12N4O2. The van der Waals surface area contributed by atoms with Crippen molar-refractivity contribution in [1.29, 1.82) is 5.26 Å². The summed E-state index contributed by atoms with van der Waals surface area (Å²) in [6, 6.07) is 3.68. The van der Waals surface area contributed by atoms with Gasteiger partial charge in [-0.15, -0.1) is 0 Å². The molecule has 2 aromatic rings. The molecule has 0 saturated heterocycles. The predicted molar refractivity (Wildman–Crippen MR) is 58.7 cm³/mol. The standard InChI is InChI=1S/C11H12N4O2/c1-2-3-16-7-10-14-11(17-15-10)9-4-8(5-12)6-13-9/h4,6,13H,2-3,7H2,1H3. The van der Waals surface area contributed by atoms with Crippen molar-refractivity contribution in [3.05, 3.63) is 23.7 Å². The number of nitrogens with zero attached hydrogens (tertiary/aromatic N) is 3. The van der Waals surface area contributed by atoms with Crippen molar-refractivity contribution in [2.24, 2.45) is 0 Å². The van der Waals surface area contributed by atoms with Gasteiger partial charge in [-0.2, -0.15) is 10.2 Å². The summed E-state index contributed by atoms with van der Waals surface area (Å²) < 4.78 is 10.4. The van der Waals surface area contributed by atoms with E-state index in [1.54, 1.807) is 12.3 Å². The van der Waals surface area contributed by atoms with Gasteiger partial charge in [-0.25, -0.2) is 0 Å². The van der Waals surface area contributed by atoms with E-state index in [0.29, 0.717) is 36.2 Å². The number of aromatic amines is 1. The molecule has 0 aliphatic rings. The molecule has 0 saturated carbocycles. The lowest BCUT2D eigenvalue weighted by Crippen LogP contribution is -1.95. The number of H-pyrrole nitrogens is 1. The Hall–Kier alpha value is -2.13. The van der Waals surface area contributed by atoms with Gasteiger partial charge in [0.2, 0.25) is 0 Å². The van der Waals surface area contributed by atoms with E-state index < -0.39 is 0 Å². The molecule has 0 spiro atoms. The Balaban J connectivity index is 2.05. The molecule has 88 valence electrons. The maximum absolute atomic E-state index is 8.69. The molecule has 0 bridgehead atoms. The molecule has 0 aliphatic heterocycles. The highest BCUT2D eigenvalue weighted by Gasteiger charge is 2.10. The van der Waals surface area contributed by atoms with Crippen molar-refractivity contribution in [2.45, 2.75) is 20.0 Å². The fourth-order valence-electron chi connectivity index (χ4n) is 1.31. The smallest absolute Gasteiger partial charge is 0.274 e. The number of nitrogens with one attached hydrogen (secondary N) is 1. The Bertz CT molecular complexity index is 524. The Kier molecular flexibility index (Phi) is 3.52. The Morgan fingerprint density at radius 1 is 1.59 bits per heavy atom. The Morgan fingerprint density at radius 3 is 3.18 bits per heavy atom. The molecule has 0 aliphatic carbocycles. The van der Waals surface area contributed by atoms with E-state index in [1.165, 1.54) is 0 Å². The minimum Gasteiger partial charge on any atom is -0.373 e. The van der Waals surface area contributed by atoms with E-state index >= 15 is 0 Å². The number of nitriles is 1. The molecule has 0 atom stereocenters. The Labute approximate surface area is 98.2 Å². The summed E-state index contributed by atoms with van der Waals surface area (Å²) in [5.74, 6) is 0.864. The molecule has 0 unspecified atom stereocenters. The first kappa shape index (κ1) is 11.4. The van der Waals surface area contributed by atoms with Crippen LogP contribution in [0.3, 0.4) is 0 Å². The van der Waals surface area contributed by atoms with Crippen molar-refractivity contribution in [2.75, 3.05) is 6.61 Å². The van der Waals surface area contributed by atoms with E-state index in [-0.39, 0.29) is 0 Å². The van der Waals surface area contributed by atoms with Crippen LogP contribution < -0.4 is 0 Å². The third kappa shape index (κ3) is 2.71. The molecule has 0 radical (unpaired) electrons. The number of hydrogen-bond acceptors (Lipinski definition) is 5. The first-order chi connectivity index (χ1) is 8.33. The van der Waals surface area contributed by atoms with Crippen LogP contribution >= 0.6 is 0 Å². The van der Waals surface area contributed by atoms with Crippen LogP contribution in [0.4, 0.5) is 0 Å². The monoisotopic (exact) mass is 232 g/mol. The van der Waals surface area contributed by atoms with Crippen molar-refractivity contribution < 1.29 is 9.26 Å². The second-order valence-corrected chi connectivity index (χ2v) is 3.48. The summed E-state index contributed by atoms with van der Waals surface area (Å²) >= 11 is 0. The molecule has 2 aromatic heterocycles. The van der Waals surface area contributed by atoms with Crippen LogP contribution in [0.25, 0.3) is 11.6 Å². The van der Waals surface area contributed by atoms with Crippen molar-refractivity contribution >= 4 is 0 Å².